The molecule has 0 unspecified atom stereocenters. The van der Waals surface area contributed by atoms with Gasteiger partial charge in [-0.05, 0) is 24.3 Å². The maximum atomic E-state index is 12.4. The van der Waals surface area contributed by atoms with Crippen molar-refractivity contribution in [2.45, 2.75) is 6.10 Å². The summed E-state index contributed by atoms with van der Waals surface area (Å²) in [6.07, 6.45) is -0.783. The molecule has 0 aromatic heterocycles. The van der Waals surface area contributed by atoms with Gasteiger partial charge in [0, 0.05) is 32.7 Å². The van der Waals surface area contributed by atoms with Gasteiger partial charge < -0.3 is 10.0 Å². The summed E-state index contributed by atoms with van der Waals surface area (Å²) in [5, 5.41) is 11.2. The second kappa shape index (κ2) is 7.91. The van der Waals surface area contributed by atoms with Gasteiger partial charge >= 0.3 is 0 Å². The van der Waals surface area contributed by atoms with Crippen LogP contribution >= 0.6 is 11.6 Å². The van der Waals surface area contributed by atoms with Crippen molar-refractivity contribution < 1.29 is 14.7 Å². The molecule has 2 heterocycles. The fourth-order valence-corrected chi connectivity index (χ4v) is 4.11. The number of halogens is 1. The molecule has 146 valence electrons. The van der Waals surface area contributed by atoms with E-state index in [1.165, 1.54) is 0 Å². The summed E-state index contributed by atoms with van der Waals surface area (Å²) >= 11 is 6.27. The Hall–Kier alpha value is -2.41. The first-order valence-electron chi connectivity index (χ1n) is 9.39. The minimum atomic E-state index is -0.783. The number of para-hydroxylation sites is 1. The van der Waals surface area contributed by atoms with Gasteiger partial charge in [0.25, 0.3) is 11.8 Å². The van der Waals surface area contributed by atoms with E-state index in [-0.39, 0.29) is 18.4 Å². The summed E-state index contributed by atoms with van der Waals surface area (Å²) in [5.41, 5.74) is 1.84. The Morgan fingerprint density at radius 3 is 2.04 bits per heavy atom. The average molecular weight is 400 g/mol. The van der Waals surface area contributed by atoms with Crippen LogP contribution in [-0.2, 0) is 0 Å². The molecule has 2 amide bonds. The van der Waals surface area contributed by atoms with Crippen molar-refractivity contribution in [1.82, 2.24) is 9.80 Å². The fraction of sp³-hybridized carbons (Fsp3) is 0.333. The van der Waals surface area contributed by atoms with Crippen LogP contribution in [0.1, 0.15) is 20.7 Å². The smallest absolute Gasteiger partial charge is 0.261 e. The maximum absolute atomic E-state index is 12.4. The highest BCUT2D eigenvalue weighted by atomic mass is 35.5. The molecule has 2 aliphatic rings. The summed E-state index contributed by atoms with van der Waals surface area (Å²) in [4.78, 5) is 30.4. The quantitative estimate of drug-likeness (QED) is 0.780. The van der Waals surface area contributed by atoms with Gasteiger partial charge in [-0.3, -0.25) is 19.4 Å². The number of anilines is 1. The molecule has 0 spiro atoms. The summed E-state index contributed by atoms with van der Waals surface area (Å²) < 4.78 is 0. The number of piperazine rings is 1. The Labute approximate surface area is 168 Å². The Morgan fingerprint density at radius 2 is 1.43 bits per heavy atom. The minimum absolute atomic E-state index is 0.0110. The standard InChI is InChI=1S/C21H22ClN3O3/c22-18-7-3-4-8-19(18)24-11-9-23(10-12-24)13-15(26)14-25-20(27)16-5-1-2-6-17(16)21(25)28/h1-8,15,26H,9-14H2/t15-/m1/s1. The molecular weight excluding hydrogens is 378 g/mol. The van der Waals surface area contributed by atoms with Crippen molar-refractivity contribution in [3.05, 3.63) is 64.7 Å². The molecule has 0 radical (unpaired) electrons. The zero-order valence-electron chi connectivity index (χ0n) is 15.4. The molecule has 4 rings (SSSR count). The number of amides is 2. The third-order valence-corrected chi connectivity index (χ3v) is 5.63. The van der Waals surface area contributed by atoms with E-state index >= 15 is 0 Å². The number of rotatable bonds is 5. The second-order valence-electron chi connectivity index (χ2n) is 7.16. The molecule has 1 N–H and O–H groups in total. The molecule has 2 aliphatic heterocycles. The van der Waals surface area contributed by atoms with Crippen LogP contribution in [0.3, 0.4) is 0 Å². The van der Waals surface area contributed by atoms with E-state index in [0.717, 1.165) is 41.8 Å². The van der Waals surface area contributed by atoms with Gasteiger partial charge in [-0.1, -0.05) is 35.9 Å². The van der Waals surface area contributed by atoms with Crippen molar-refractivity contribution in [3.8, 4) is 0 Å². The first-order valence-corrected chi connectivity index (χ1v) is 9.77. The van der Waals surface area contributed by atoms with Crippen LogP contribution in [0.25, 0.3) is 0 Å². The number of carbonyl (C=O) groups excluding carboxylic acids is 2. The zero-order chi connectivity index (χ0) is 19.7. The summed E-state index contributed by atoms with van der Waals surface area (Å²) in [5.74, 6) is -0.661. The van der Waals surface area contributed by atoms with Crippen LogP contribution in [0.15, 0.2) is 48.5 Å². The molecule has 2 aromatic rings. The summed E-state index contributed by atoms with van der Waals surface area (Å²) in [6, 6.07) is 14.6. The lowest BCUT2D eigenvalue weighted by atomic mass is 10.1. The van der Waals surface area contributed by atoms with Gasteiger partial charge in [-0.15, -0.1) is 0 Å². The number of imide groups is 1. The van der Waals surface area contributed by atoms with Crippen LogP contribution in [0.4, 0.5) is 5.69 Å². The van der Waals surface area contributed by atoms with E-state index in [9.17, 15) is 14.7 Å². The first-order chi connectivity index (χ1) is 13.5. The normalized spacial score (nSPS) is 18.5. The predicted molar refractivity (Wildman–Crippen MR) is 108 cm³/mol. The molecule has 0 aliphatic carbocycles. The fourth-order valence-electron chi connectivity index (χ4n) is 3.85. The first kappa shape index (κ1) is 18.9. The molecule has 1 atom stereocenters. The number of hydrogen-bond donors (Lipinski definition) is 1. The van der Waals surface area contributed by atoms with Crippen molar-refractivity contribution in [2.75, 3.05) is 44.2 Å². The van der Waals surface area contributed by atoms with Crippen LogP contribution in [-0.4, -0.2) is 72.1 Å². The molecule has 2 aromatic carbocycles. The molecule has 0 bridgehead atoms. The van der Waals surface area contributed by atoms with Crippen LogP contribution in [0.2, 0.25) is 5.02 Å². The highest BCUT2D eigenvalue weighted by molar-refractivity contribution is 6.33. The summed E-state index contributed by atoms with van der Waals surface area (Å²) in [6.45, 7) is 3.61. The Morgan fingerprint density at radius 1 is 0.857 bits per heavy atom. The van der Waals surface area contributed by atoms with Crippen LogP contribution < -0.4 is 4.90 Å². The SMILES string of the molecule is O=C1c2ccccc2C(=O)N1C[C@H](O)CN1CCN(c2ccccc2Cl)CC1. The molecular formula is C21H22ClN3O3. The Balaban J connectivity index is 1.31. The number of carbonyl (C=O) groups is 2. The topological polar surface area (TPSA) is 64.1 Å². The Kier molecular flexibility index (Phi) is 5.35. The molecule has 1 saturated heterocycles. The number of nitrogens with zero attached hydrogens (tertiary/aromatic N) is 3. The third kappa shape index (κ3) is 3.63. The van der Waals surface area contributed by atoms with E-state index in [0.29, 0.717) is 17.7 Å². The minimum Gasteiger partial charge on any atom is -0.390 e. The number of aliphatic hydroxyl groups excluding tert-OH is 1. The second-order valence-corrected chi connectivity index (χ2v) is 7.57. The van der Waals surface area contributed by atoms with Crippen molar-refractivity contribution >= 4 is 29.1 Å². The molecule has 6 nitrogen and oxygen atoms in total. The Bertz CT molecular complexity index is 861. The van der Waals surface area contributed by atoms with Gasteiger partial charge in [0.15, 0.2) is 0 Å². The lowest BCUT2D eigenvalue weighted by Gasteiger charge is -2.37. The highest BCUT2D eigenvalue weighted by Gasteiger charge is 2.36. The monoisotopic (exact) mass is 399 g/mol. The van der Waals surface area contributed by atoms with Gasteiger partial charge in [0.2, 0.25) is 0 Å². The van der Waals surface area contributed by atoms with Gasteiger partial charge in [0.05, 0.1) is 34.5 Å². The van der Waals surface area contributed by atoms with E-state index in [2.05, 4.69) is 9.80 Å². The summed E-state index contributed by atoms with van der Waals surface area (Å²) in [7, 11) is 0. The molecule has 7 heteroatoms. The van der Waals surface area contributed by atoms with Crippen LogP contribution in [0, 0.1) is 0 Å². The van der Waals surface area contributed by atoms with E-state index < -0.39 is 6.10 Å². The number of hydrogen-bond acceptors (Lipinski definition) is 5. The zero-order valence-corrected chi connectivity index (χ0v) is 16.2. The van der Waals surface area contributed by atoms with Gasteiger partial charge in [-0.2, -0.15) is 0 Å². The number of benzene rings is 2. The van der Waals surface area contributed by atoms with Crippen LogP contribution in [0.5, 0.6) is 0 Å². The molecule has 0 saturated carbocycles. The van der Waals surface area contributed by atoms with Gasteiger partial charge in [-0.25, -0.2) is 0 Å². The lowest BCUT2D eigenvalue weighted by Crippen LogP contribution is -2.50. The largest absolute Gasteiger partial charge is 0.390 e. The average Bonchev–Trinajstić information content (AvgIpc) is 2.94. The van der Waals surface area contributed by atoms with E-state index in [1.54, 1.807) is 24.3 Å². The predicted octanol–water partition coefficient (Wildman–Crippen LogP) is 2.12. The number of β-amino-alcohol motifs (C(OH)–C–C–N with tert-alkyl or cyclic N) is 1. The molecule has 1 fully saturated rings. The van der Waals surface area contributed by atoms with Crippen molar-refractivity contribution in [1.29, 1.82) is 0 Å². The number of aliphatic hydroxyl groups is 1. The third-order valence-electron chi connectivity index (χ3n) is 5.31. The number of fused-ring (bicyclic) bond motifs is 1. The maximum Gasteiger partial charge on any atom is 0.261 e. The molecule has 28 heavy (non-hydrogen) atoms. The van der Waals surface area contributed by atoms with Gasteiger partial charge in [0.1, 0.15) is 0 Å². The van der Waals surface area contributed by atoms with E-state index in [1.807, 2.05) is 24.3 Å². The van der Waals surface area contributed by atoms with Crippen molar-refractivity contribution in [2.24, 2.45) is 0 Å². The van der Waals surface area contributed by atoms with E-state index in [4.69, 9.17) is 11.6 Å². The van der Waals surface area contributed by atoms with Crippen molar-refractivity contribution in [3.63, 3.8) is 0 Å². The highest BCUT2D eigenvalue weighted by Crippen LogP contribution is 2.26. The lowest BCUT2D eigenvalue weighted by molar-refractivity contribution is 0.0469.